The minimum Gasteiger partial charge on any atom is -0.343 e. The maximum absolute atomic E-state index is 10.5. The van der Waals surface area contributed by atoms with E-state index in [1.54, 1.807) is 11.8 Å². The van der Waals surface area contributed by atoms with Crippen LogP contribution in [-0.4, -0.2) is 11.1 Å². The normalized spacial score (nSPS) is 9.69. The molecule has 0 unspecified atom stereocenters. The number of halogens is 1. The van der Waals surface area contributed by atoms with Crippen LogP contribution in [-0.2, 0) is 6.54 Å². The van der Waals surface area contributed by atoms with Crippen molar-refractivity contribution in [2.75, 3.05) is 6.26 Å². The Balaban J connectivity index is 2.54. The van der Waals surface area contributed by atoms with Gasteiger partial charge in [-0.2, -0.15) is 0 Å². The van der Waals surface area contributed by atoms with E-state index in [0.717, 1.165) is 5.56 Å². The molecule has 70 valence electrons. The molecule has 0 radical (unpaired) electrons. The molecule has 2 nitrogen and oxygen atoms in total. The van der Waals surface area contributed by atoms with E-state index in [-0.39, 0.29) is 4.82 Å². The Morgan fingerprint density at radius 3 is 2.54 bits per heavy atom. The fourth-order valence-electron chi connectivity index (χ4n) is 0.915. The first-order valence-corrected chi connectivity index (χ1v) is 5.80. The molecule has 0 aliphatic carbocycles. The van der Waals surface area contributed by atoms with Crippen molar-refractivity contribution in [3.05, 3.63) is 29.8 Å². The molecule has 4 heteroatoms. The third-order valence-corrected chi connectivity index (χ3v) is 2.61. The summed E-state index contributed by atoms with van der Waals surface area (Å²) in [6.45, 7) is 0.568. The molecule has 0 heterocycles. The Kier molecular flexibility index (Phi) is 4.32. The lowest BCUT2D eigenvalue weighted by Gasteiger charge is -2.02. The molecule has 0 aliphatic heterocycles. The van der Waals surface area contributed by atoms with Crippen molar-refractivity contribution in [3.8, 4) is 0 Å². The highest BCUT2D eigenvalue weighted by Crippen LogP contribution is 2.14. The summed E-state index contributed by atoms with van der Waals surface area (Å²) < 4.78 is 0. The predicted molar refractivity (Wildman–Crippen MR) is 59.4 cm³/mol. The van der Waals surface area contributed by atoms with Gasteiger partial charge in [-0.25, -0.2) is 0 Å². The van der Waals surface area contributed by atoms with Crippen LogP contribution in [0.2, 0.25) is 0 Å². The highest BCUT2D eigenvalue weighted by atomic mass is 79.9. The highest BCUT2D eigenvalue weighted by molar-refractivity contribution is 9.18. The molecule has 0 aromatic heterocycles. The Hall–Kier alpha value is -0.480. The molecule has 1 aromatic carbocycles. The summed E-state index contributed by atoms with van der Waals surface area (Å²) in [7, 11) is 0. The molecule has 1 rings (SSSR count). The third kappa shape index (κ3) is 3.83. The molecule has 0 spiro atoms. The van der Waals surface area contributed by atoms with Gasteiger partial charge in [0.2, 0.25) is 0 Å². The first kappa shape index (κ1) is 10.6. The van der Waals surface area contributed by atoms with Crippen molar-refractivity contribution < 1.29 is 4.79 Å². The van der Waals surface area contributed by atoms with Gasteiger partial charge in [0.05, 0.1) is 0 Å². The molecule has 1 amide bonds. The van der Waals surface area contributed by atoms with Gasteiger partial charge >= 0.3 is 0 Å². The largest absolute Gasteiger partial charge is 0.343 e. The van der Waals surface area contributed by atoms with Crippen LogP contribution in [0, 0.1) is 0 Å². The molecular weight excluding hydrogens is 250 g/mol. The van der Waals surface area contributed by atoms with E-state index >= 15 is 0 Å². The number of carbonyl (C=O) groups is 1. The van der Waals surface area contributed by atoms with Gasteiger partial charge in [0.25, 0.3) is 4.82 Å². The molecule has 0 saturated heterocycles. The first-order chi connectivity index (χ1) is 6.22. The van der Waals surface area contributed by atoms with E-state index < -0.39 is 0 Å². The van der Waals surface area contributed by atoms with E-state index in [2.05, 4.69) is 21.2 Å². The summed E-state index contributed by atoms with van der Waals surface area (Å²) in [6, 6.07) is 8.10. The van der Waals surface area contributed by atoms with Gasteiger partial charge in [-0.05, 0) is 24.0 Å². The van der Waals surface area contributed by atoms with Gasteiger partial charge in [-0.3, -0.25) is 4.79 Å². The van der Waals surface area contributed by atoms with Crippen LogP contribution < -0.4 is 5.32 Å². The van der Waals surface area contributed by atoms with Crippen LogP contribution >= 0.6 is 27.7 Å². The SMILES string of the molecule is CSc1ccc(CNC(=O)Br)cc1. The van der Waals surface area contributed by atoms with Crippen LogP contribution in [0.4, 0.5) is 4.79 Å². The Morgan fingerprint density at radius 1 is 1.46 bits per heavy atom. The van der Waals surface area contributed by atoms with Crippen molar-refractivity contribution in [2.45, 2.75) is 11.4 Å². The monoisotopic (exact) mass is 259 g/mol. The average Bonchev–Trinajstić information content (AvgIpc) is 2.15. The first-order valence-electron chi connectivity index (χ1n) is 3.78. The molecule has 0 saturated carbocycles. The van der Waals surface area contributed by atoms with E-state index in [9.17, 15) is 4.79 Å². The number of nitrogens with one attached hydrogen (secondary N) is 1. The summed E-state index contributed by atoms with van der Waals surface area (Å²) in [6.07, 6.45) is 2.04. The van der Waals surface area contributed by atoms with Gasteiger partial charge < -0.3 is 5.32 Å². The second kappa shape index (κ2) is 5.29. The van der Waals surface area contributed by atoms with Crippen molar-refractivity contribution in [2.24, 2.45) is 0 Å². The average molecular weight is 260 g/mol. The lowest BCUT2D eigenvalue weighted by molar-refractivity contribution is 0.261. The summed E-state index contributed by atoms with van der Waals surface area (Å²) in [5, 5.41) is 2.67. The fourth-order valence-corrected chi connectivity index (χ4v) is 1.46. The minimum atomic E-state index is -0.179. The topological polar surface area (TPSA) is 29.1 Å². The van der Waals surface area contributed by atoms with Crippen LogP contribution in [0.15, 0.2) is 29.2 Å². The molecule has 0 fully saturated rings. The third-order valence-electron chi connectivity index (χ3n) is 1.59. The Labute approximate surface area is 90.2 Å². The van der Waals surface area contributed by atoms with E-state index in [1.807, 2.05) is 30.5 Å². The Morgan fingerprint density at radius 2 is 2.08 bits per heavy atom. The molecule has 1 aromatic rings. The number of hydrogen-bond donors (Lipinski definition) is 1. The highest BCUT2D eigenvalue weighted by Gasteiger charge is 1.95. The van der Waals surface area contributed by atoms with Gasteiger partial charge in [0.1, 0.15) is 0 Å². The van der Waals surface area contributed by atoms with Crippen LogP contribution in [0.3, 0.4) is 0 Å². The van der Waals surface area contributed by atoms with Gasteiger partial charge in [-0.1, -0.05) is 12.1 Å². The molecule has 0 atom stereocenters. The van der Waals surface area contributed by atoms with Crippen molar-refractivity contribution in [1.29, 1.82) is 0 Å². The number of benzene rings is 1. The van der Waals surface area contributed by atoms with E-state index in [1.165, 1.54) is 4.90 Å². The zero-order valence-electron chi connectivity index (χ0n) is 7.21. The zero-order chi connectivity index (χ0) is 9.68. The summed E-state index contributed by atoms with van der Waals surface area (Å²) in [4.78, 5) is 11.6. The van der Waals surface area contributed by atoms with Crippen LogP contribution in [0.5, 0.6) is 0 Å². The summed E-state index contributed by atoms with van der Waals surface area (Å²) in [5.74, 6) is 0. The van der Waals surface area contributed by atoms with E-state index in [4.69, 9.17) is 0 Å². The Bertz CT molecular complexity index is 286. The summed E-state index contributed by atoms with van der Waals surface area (Å²) in [5.41, 5.74) is 1.10. The fraction of sp³-hybridized carbons (Fsp3) is 0.222. The number of hydrogen-bond acceptors (Lipinski definition) is 2. The smallest absolute Gasteiger partial charge is 0.287 e. The second-order valence-corrected chi connectivity index (χ2v) is 4.08. The zero-order valence-corrected chi connectivity index (χ0v) is 9.61. The van der Waals surface area contributed by atoms with Crippen molar-refractivity contribution in [3.63, 3.8) is 0 Å². The lowest BCUT2D eigenvalue weighted by atomic mass is 10.2. The summed E-state index contributed by atoms with van der Waals surface area (Å²) >= 11 is 4.51. The lowest BCUT2D eigenvalue weighted by Crippen LogP contribution is -2.14. The van der Waals surface area contributed by atoms with Gasteiger partial charge in [0.15, 0.2) is 0 Å². The van der Waals surface area contributed by atoms with Crippen LogP contribution in [0.25, 0.3) is 0 Å². The van der Waals surface area contributed by atoms with Crippen molar-refractivity contribution in [1.82, 2.24) is 5.32 Å². The van der Waals surface area contributed by atoms with Crippen LogP contribution in [0.1, 0.15) is 5.56 Å². The standard InChI is InChI=1S/C9H10BrNOS/c1-13-8-4-2-7(3-5-8)6-11-9(10)12/h2-5H,6H2,1H3,(H,11,12). The van der Waals surface area contributed by atoms with Gasteiger partial charge in [-0.15, -0.1) is 11.8 Å². The predicted octanol–water partition coefficient (Wildman–Crippen LogP) is 3.01. The number of amides is 1. The minimum absolute atomic E-state index is 0.179. The molecule has 13 heavy (non-hydrogen) atoms. The maximum atomic E-state index is 10.5. The molecule has 0 aliphatic rings. The number of carbonyl (C=O) groups excluding carboxylic acids is 1. The quantitative estimate of drug-likeness (QED) is 0.514. The second-order valence-electron chi connectivity index (χ2n) is 2.48. The molecule has 0 bridgehead atoms. The number of rotatable bonds is 3. The molecular formula is C9H10BrNOS. The maximum Gasteiger partial charge on any atom is 0.287 e. The van der Waals surface area contributed by atoms with Crippen molar-refractivity contribution >= 4 is 32.5 Å². The molecule has 1 N–H and O–H groups in total. The van der Waals surface area contributed by atoms with Gasteiger partial charge in [0, 0.05) is 27.4 Å². The van der Waals surface area contributed by atoms with E-state index in [0.29, 0.717) is 6.54 Å². The number of thioether (sulfide) groups is 1.